The largest absolute Gasteiger partial charge is 0.426 e. The number of carbonyl (C=O) groups excluding carboxylic acids is 1. The maximum atomic E-state index is 13.9. The second kappa shape index (κ2) is 8.01. The topological polar surface area (TPSA) is 63.7 Å². The number of hydrogen-bond acceptors (Lipinski definition) is 4. The van der Waals surface area contributed by atoms with E-state index in [2.05, 4.69) is 0 Å². The Hall–Kier alpha value is -2.25. The standard InChI is InChI=1S/C21H24FNO4S/c1-14-12-15(2)20(16(3)13-14)27-21(24)17-8-10-23(11-9-17)28(25,26)19-7-5-4-6-18(19)22/h4-7,12-13,17H,8-11H2,1-3H3. The van der Waals surface area contributed by atoms with Crippen LogP contribution in [0.2, 0.25) is 0 Å². The van der Waals surface area contributed by atoms with Crippen LogP contribution in [0, 0.1) is 32.5 Å². The van der Waals surface area contributed by atoms with Gasteiger partial charge in [-0.05, 0) is 56.9 Å². The first-order valence-corrected chi connectivity index (χ1v) is 10.7. The Morgan fingerprint density at radius 1 is 1.07 bits per heavy atom. The van der Waals surface area contributed by atoms with Gasteiger partial charge in [-0.15, -0.1) is 0 Å². The molecule has 150 valence electrons. The van der Waals surface area contributed by atoms with Crippen molar-refractivity contribution in [2.75, 3.05) is 13.1 Å². The van der Waals surface area contributed by atoms with E-state index in [-0.39, 0.29) is 29.9 Å². The number of aryl methyl sites for hydroxylation is 3. The fraction of sp³-hybridized carbons (Fsp3) is 0.381. The predicted octanol–water partition coefficient (Wildman–Crippen LogP) is 3.76. The van der Waals surface area contributed by atoms with Gasteiger partial charge in [-0.1, -0.05) is 29.8 Å². The lowest BCUT2D eigenvalue weighted by molar-refractivity contribution is -0.140. The molecule has 0 saturated carbocycles. The molecule has 0 bridgehead atoms. The highest BCUT2D eigenvalue weighted by Crippen LogP contribution is 2.29. The maximum Gasteiger partial charge on any atom is 0.314 e. The second-order valence-corrected chi connectivity index (χ2v) is 9.16. The molecular formula is C21H24FNO4S. The summed E-state index contributed by atoms with van der Waals surface area (Å²) >= 11 is 0. The highest BCUT2D eigenvalue weighted by Gasteiger charge is 2.34. The van der Waals surface area contributed by atoms with E-state index >= 15 is 0 Å². The quantitative estimate of drug-likeness (QED) is 0.574. The number of halogens is 1. The molecule has 0 radical (unpaired) electrons. The number of esters is 1. The minimum atomic E-state index is -3.91. The van der Waals surface area contributed by atoms with E-state index < -0.39 is 15.8 Å². The van der Waals surface area contributed by atoms with E-state index in [1.54, 1.807) is 0 Å². The fourth-order valence-corrected chi connectivity index (χ4v) is 5.17. The van der Waals surface area contributed by atoms with Crippen LogP contribution in [0.1, 0.15) is 29.5 Å². The van der Waals surface area contributed by atoms with Crippen molar-refractivity contribution in [1.82, 2.24) is 4.31 Å². The molecule has 0 N–H and O–H groups in total. The van der Waals surface area contributed by atoms with Crippen molar-refractivity contribution < 1.29 is 22.3 Å². The van der Waals surface area contributed by atoms with Gasteiger partial charge in [0.25, 0.3) is 0 Å². The molecule has 1 saturated heterocycles. The van der Waals surface area contributed by atoms with Crippen LogP contribution in [0.15, 0.2) is 41.3 Å². The lowest BCUT2D eigenvalue weighted by atomic mass is 9.98. The van der Waals surface area contributed by atoms with Crippen molar-refractivity contribution >= 4 is 16.0 Å². The number of hydrogen-bond donors (Lipinski definition) is 0. The molecular weight excluding hydrogens is 381 g/mol. The highest BCUT2D eigenvalue weighted by atomic mass is 32.2. The number of rotatable bonds is 4. The molecule has 0 aromatic heterocycles. The SMILES string of the molecule is Cc1cc(C)c(OC(=O)C2CCN(S(=O)(=O)c3ccccc3F)CC2)c(C)c1. The molecule has 0 spiro atoms. The van der Waals surface area contributed by atoms with Gasteiger partial charge in [0.05, 0.1) is 5.92 Å². The van der Waals surface area contributed by atoms with E-state index in [0.717, 1.165) is 22.8 Å². The van der Waals surface area contributed by atoms with Gasteiger partial charge in [0.2, 0.25) is 10.0 Å². The Labute approximate surface area is 165 Å². The molecule has 0 aliphatic carbocycles. The van der Waals surface area contributed by atoms with Crippen molar-refractivity contribution in [3.8, 4) is 5.75 Å². The molecule has 5 nitrogen and oxygen atoms in total. The summed E-state index contributed by atoms with van der Waals surface area (Å²) in [4.78, 5) is 12.3. The average molecular weight is 405 g/mol. The highest BCUT2D eigenvalue weighted by molar-refractivity contribution is 7.89. The molecule has 7 heteroatoms. The van der Waals surface area contributed by atoms with E-state index in [1.165, 1.54) is 22.5 Å². The maximum absolute atomic E-state index is 13.9. The molecule has 0 amide bonds. The number of nitrogens with zero attached hydrogens (tertiary/aromatic N) is 1. The zero-order chi connectivity index (χ0) is 20.5. The molecule has 3 rings (SSSR count). The van der Waals surface area contributed by atoms with Gasteiger partial charge in [-0.3, -0.25) is 4.79 Å². The molecule has 1 heterocycles. The van der Waals surface area contributed by atoms with E-state index in [1.807, 2.05) is 32.9 Å². The summed E-state index contributed by atoms with van der Waals surface area (Å²) in [6, 6.07) is 9.24. The Bertz CT molecular complexity index is 972. The number of carbonyl (C=O) groups is 1. The van der Waals surface area contributed by atoms with Gasteiger partial charge in [0.1, 0.15) is 16.5 Å². The van der Waals surface area contributed by atoms with Crippen molar-refractivity contribution in [2.24, 2.45) is 5.92 Å². The van der Waals surface area contributed by atoms with Crippen molar-refractivity contribution in [3.63, 3.8) is 0 Å². The Kier molecular flexibility index (Phi) is 5.86. The lowest BCUT2D eigenvalue weighted by Gasteiger charge is -2.30. The predicted molar refractivity (Wildman–Crippen MR) is 104 cm³/mol. The van der Waals surface area contributed by atoms with E-state index in [9.17, 15) is 17.6 Å². The normalized spacial score (nSPS) is 16.1. The molecule has 2 aromatic rings. The first kappa shape index (κ1) is 20.5. The Morgan fingerprint density at radius 2 is 1.64 bits per heavy atom. The molecule has 1 aliphatic heterocycles. The van der Waals surface area contributed by atoms with Crippen LogP contribution in [0.4, 0.5) is 4.39 Å². The van der Waals surface area contributed by atoms with Crippen molar-refractivity contribution in [3.05, 3.63) is 58.9 Å². The first-order valence-electron chi connectivity index (χ1n) is 9.24. The third-order valence-corrected chi connectivity index (χ3v) is 6.98. The summed E-state index contributed by atoms with van der Waals surface area (Å²) < 4.78 is 46.1. The zero-order valence-corrected chi connectivity index (χ0v) is 17.1. The van der Waals surface area contributed by atoms with Crippen LogP contribution in [0.5, 0.6) is 5.75 Å². The molecule has 0 atom stereocenters. The van der Waals surface area contributed by atoms with Crippen LogP contribution >= 0.6 is 0 Å². The van der Waals surface area contributed by atoms with Gasteiger partial charge in [0.15, 0.2) is 0 Å². The van der Waals surface area contributed by atoms with Gasteiger partial charge in [-0.2, -0.15) is 4.31 Å². The Morgan fingerprint density at radius 3 is 2.21 bits per heavy atom. The third kappa shape index (κ3) is 4.10. The number of benzene rings is 2. The molecule has 0 unspecified atom stereocenters. The fourth-order valence-electron chi connectivity index (χ4n) is 3.64. The zero-order valence-electron chi connectivity index (χ0n) is 16.2. The molecule has 1 aliphatic rings. The number of piperidine rings is 1. The van der Waals surface area contributed by atoms with Crippen LogP contribution in [0.25, 0.3) is 0 Å². The minimum Gasteiger partial charge on any atom is -0.426 e. The minimum absolute atomic E-state index is 0.155. The van der Waals surface area contributed by atoms with Crippen LogP contribution in [0.3, 0.4) is 0 Å². The van der Waals surface area contributed by atoms with Gasteiger partial charge >= 0.3 is 5.97 Å². The molecule has 2 aromatic carbocycles. The molecule has 28 heavy (non-hydrogen) atoms. The van der Waals surface area contributed by atoms with E-state index in [4.69, 9.17) is 4.74 Å². The summed E-state index contributed by atoms with van der Waals surface area (Å²) in [6.07, 6.45) is 0.687. The smallest absolute Gasteiger partial charge is 0.314 e. The summed E-state index contributed by atoms with van der Waals surface area (Å²) in [7, 11) is -3.91. The lowest BCUT2D eigenvalue weighted by Crippen LogP contribution is -2.41. The Balaban J connectivity index is 1.67. The second-order valence-electron chi connectivity index (χ2n) is 7.26. The molecule has 1 fully saturated rings. The van der Waals surface area contributed by atoms with Crippen LogP contribution < -0.4 is 4.74 Å². The van der Waals surface area contributed by atoms with E-state index in [0.29, 0.717) is 18.6 Å². The first-order chi connectivity index (χ1) is 13.2. The van der Waals surface area contributed by atoms with Crippen molar-refractivity contribution in [2.45, 2.75) is 38.5 Å². The van der Waals surface area contributed by atoms with Gasteiger partial charge in [-0.25, -0.2) is 12.8 Å². The monoisotopic (exact) mass is 405 g/mol. The van der Waals surface area contributed by atoms with Gasteiger partial charge in [0, 0.05) is 13.1 Å². The summed E-state index contributed by atoms with van der Waals surface area (Å²) in [5.74, 6) is -0.934. The average Bonchev–Trinajstić information content (AvgIpc) is 2.64. The third-order valence-electron chi connectivity index (χ3n) is 5.05. The summed E-state index contributed by atoms with van der Waals surface area (Å²) in [5.41, 5.74) is 2.89. The number of ether oxygens (including phenoxy) is 1. The van der Waals surface area contributed by atoms with Crippen LogP contribution in [-0.2, 0) is 14.8 Å². The van der Waals surface area contributed by atoms with Crippen molar-refractivity contribution in [1.29, 1.82) is 0 Å². The van der Waals surface area contributed by atoms with Crippen LogP contribution in [-0.4, -0.2) is 31.8 Å². The number of sulfonamides is 1. The summed E-state index contributed by atoms with van der Waals surface area (Å²) in [5, 5.41) is 0. The summed E-state index contributed by atoms with van der Waals surface area (Å²) in [6.45, 7) is 6.08. The van der Waals surface area contributed by atoms with Gasteiger partial charge < -0.3 is 4.74 Å².